The Morgan fingerprint density at radius 2 is 2.04 bits per heavy atom. The topological polar surface area (TPSA) is 113 Å². The van der Waals surface area contributed by atoms with Gasteiger partial charge in [0.25, 0.3) is 11.6 Å². The normalized spacial score (nSPS) is 20.5. The van der Waals surface area contributed by atoms with Crippen LogP contribution in [0.25, 0.3) is 0 Å². The molecule has 24 heavy (non-hydrogen) atoms. The van der Waals surface area contributed by atoms with E-state index in [1.807, 2.05) is 0 Å². The van der Waals surface area contributed by atoms with E-state index in [0.717, 1.165) is 12.8 Å². The van der Waals surface area contributed by atoms with Gasteiger partial charge in [0.05, 0.1) is 10.8 Å². The van der Waals surface area contributed by atoms with Gasteiger partial charge >= 0.3 is 5.97 Å². The number of rotatable bonds is 5. The van der Waals surface area contributed by atoms with E-state index < -0.39 is 16.8 Å². The molecule has 0 aromatic heterocycles. The number of nitrogens with one attached hydrogen (secondary N) is 1. The molecule has 1 unspecified atom stereocenters. The minimum absolute atomic E-state index is 0.125. The highest BCUT2D eigenvalue weighted by Gasteiger charge is 2.30. The molecule has 1 saturated carbocycles. The van der Waals surface area contributed by atoms with Gasteiger partial charge in [0, 0.05) is 30.8 Å². The van der Waals surface area contributed by atoms with E-state index in [9.17, 15) is 19.7 Å². The third-order valence-corrected chi connectivity index (χ3v) is 4.44. The molecule has 1 saturated heterocycles. The molecule has 1 aromatic rings. The number of amides is 1. The molecule has 8 nitrogen and oxygen atoms in total. The first kappa shape index (κ1) is 16.2. The highest BCUT2D eigenvalue weighted by molar-refractivity contribution is 5.96. The van der Waals surface area contributed by atoms with Crippen molar-refractivity contribution in [1.82, 2.24) is 4.90 Å². The Bertz CT molecular complexity index is 686. The highest BCUT2D eigenvalue weighted by Crippen LogP contribution is 2.32. The number of aliphatic carboxylic acids is 1. The molecule has 128 valence electrons. The van der Waals surface area contributed by atoms with Crippen LogP contribution in [0.4, 0.5) is 11.4 Å². The van der Waals surface area contributed by atoms with E-state index in [4.69, 9.17) is 5.11 Å². The second-order valence-electron chi connectivity index (χ2n) is 6.34. The van der Waals surface area contributed by atoms with E-state index in [1.54, 1.807) is 12.1 Å². The molecule has 1 aromatic carbocycles. The van der Waals surface area contributed by atoms with Crippen LogP contribution in [0.3, 0.4) is 0 Å². The van der Waals surface area contributed by atoms with Crippen LogP contribution >= 0.6 is 0 Å². The number of nitro benzene ring substituents is 1. The van der Waals surface area contributed by atoms with Crippen molar-refractivity contribution in [2.75, 3.05) is 18.4 Å². The summed E-state index contributed by atoms with van der Waals surface area (Å²) in [5, 5.41) is 23.5. The summed E-state index contributed by atoms with van der Waals surface area (Å²) >= 11 is 0. The van der Waals surface area contributed by atoms with Gasteiger partial charge in [-0.1, -0.05) is 0 Å². The van der Waals surface area contributed by atoms with E-state index in [0.29, 0.717) is 25.1 Å². The predicted octanol–water partition coefficient (Wildman–Crippen LogP) is 2.11. The average Bonchev–Trinajstić information content (AvgIpc) is 3.38. The fourth-order valence-corrected chi connectivity index (χ4v) is 2.93. The molecular weight excluding hydrogens is 314 g/mol. The molecule has 0 radical (unpaired) electrons. The zero-order valence-corrected chi connectivity index (χ0v) is 13.1. The van der Waals surface area contributed by atoms with E-state index >= 15 is 0 Å². The highest BCUT2D eigenvalue weighted by atomic mass is 16.6. The van der Waals surface area contributed by atoms with Crippen LogP contribution in [0.15, 0.2) is 18.2 Å². The molecule has 1 atom stereocenters. The average molecular weight is 333 g/mol. The maximum Gasteiger partial charge on any atom is 0.308 e. The molecule has 1 amide bonds. The molecular formula is C16H19N3O5. The van der Waals surface area contributed by atoms with E-state index in [-0.39, 0.29) is 29.7 Å². The fraction of sp³-hybridized carbons (Fsp3) is 0.500. The van der Waals surface area contributed by atoms with Crippen molar-refractivity contribution < 1.29 is 19.6 Å². The number of carboxylic acid groups (broad SMARTS) is 1. The number of benzene rings is 1. The van der Waals surface area contributed by atoms with Gasteiger partial charge in [-0.15, -0.1) is 0 Å². The number of carbonyl (C=O) groups is 2. The smallest absolute Gasteiger partial charge is 0.308 e. The fourth-order valence-electron chi connectivity index (χ4n) is 2.93. The van der Waals surface area contributed by atoms with Gasteiger partial charge in [-0.05, 0) is 37.8 Å². The van der Waals surface area contributed by atoms with Gasteiger partial charge in [0.1, 0.15) is 5.69 Å². The van der Waals surface area contributed by atoms with E-state index in [2.05, 4.69) is 5.32 Å². The van der Waals surface area contributed by atoms with Gasteiger partial charge in [0.15, 0.2) is 0 Å². The third kappa shape index (κ3) is 3.47. The SMILES string of the molecule is O=C(O)C1CCCN(C(=O)c2ccc(NC3CC3)c([N+](=O)[O-])c2)C1. The number of hydrogen-bond donors (Lipinski definition) is 2. The molecule has 8 heteroatoms. The van der Waals surface area contributed by atoms with Crippen molar-refractivity contribution >= 4 is 23.3 Å². The first-order valence-electron chi connectivity index (χ1n) is 8.03. The van der Waals surface area contributed by atoms with Crippen LogP contribution in [0, 0.1) is 16.0 Å². The van der Waals surface area contributed by atoms with Gasteiger partial charge < -0.3 is 15.3 Å². The summed E-state index contributed by atoms with van der Waals surface area (Å²) in [4.78, 5) is 35.9. The molecule has 2 aliphatic rings. The van der Waals surface area contributed by atoms with Crippen molar-refractivity contribution in [3.63, 3.8) is 0 Å². The van der Waals surface area contributed by atoms with Gasteiger partial charge in [-0.3, -0.25) is 19.7 Å². The first-order chi connectivity index (χ1) is 11.5. The summed E-state index contributed by atoms with van der Waals surface area (Å²) in [5.41, 5.74) is 0.509. The van der Waals surface area contributed by atoms with Crippen molar-refractivity contribution in [1.29, 1.82) is 0 Å². The standard InChI is InChI=1S/C16H19N3O5/c20-15(18-7-1-2-11(9-18)16(21)22)10-3-6-13(17-12-4-5-12)14(8-10)19(23)24/h3,6,8,11-12,17H,1-2,4-5,7,9H2,(H,21,22). The summed E-state index contributed by atoms with van der Waals surface area (Å²) in [6.45, 7) is 0.614. The lowest BCUT2D eigenvalue weighted by atomic mass is 9.97. The molecule has 1 aliphatic heterocycles. The Balaban J connectivity index is 1.80. The van der Waals surface area contributed by atoms with Gasteiger partial charge in [0.2, 0.25) is 0 Å². The summed E-state index contributed by atoms with van der Waals surface area (Å²) in [7, 11) is 0. The van der Waals surface area contributed by atoms with Crippen molar-refractivity contribution in [3.8, 4) is 0 Å². The Morgan fingerprint density at radius 3 is 2.67 bits per heavy atom. The largest absolute Gasteiger partial charge is 0.481 e. The van der Waals surface area contributed by atoms with Crippen molar-refractivity contribution in [2.45, 2.75) is 31.7 Å². The minimum atomic E-state index is -0.914. The monoisotopic (exact) mass is 333 g/mol. The van der Waals surface area contributed by atoms with Crippen LogP contribution in [-0.2, 0) is 4.79 Å². The predicted molar refractivity (Wildman–Crippen MR) is 86.0 cm³/mol. The van der Waals surface area contributed by atoms with Gasteiger partial charge in [-0.2, -0.15) is 0 Å². The van der Waals surface area contributed by atoms with Crippen LogP contribution in [0.1, 0.15) is 36.0 Å². The number of anilines is 1. The number of nitro groups is 1. The molecule has 2 fully saturated rings. The third-order valence-electron chi connectivity index (χ3n) is 4.44. The van der Waals surface area contributed by atoms with Crippen LogP contribution in [0.2, 0.25) is 0 Å². The van der Waals surface area contributed by atoms with Crippen molar-refractivity contribution in [2.24, 2.45) is 5.92 Å². The Kier molecular flexibility index (Phi) is 4.37. The second-order valence-corrected chi connectivity index (χ2v) is 6.34. The summed E-state index contributed by atoms with van der Waals surface area (Å²) < 4.78 is 0. The molecule has 2 N–H and O–H groups in total. The molecule has 1 heterocycles. The number of hydrogen-bond acceptors (Lipinski definition) is 5. The number of carbonyl (C=O) groups excluding carboxylic acids is 1. The Labute approximate surface area is 138 Å². The lowest BCUT2D eigenvalue weighted by Crippen LogP contribution is -2.42. The van der Waals surface area contributed by atoms with Crippen molar-refractivity contribution in [3.05, 3.63) is 33.9 Å². The van der Waals surface area contributed by atoms with Crippen LogP contribution < -0.4 is 5.32 Å². The number of likely N-dealkylation sites (tertiary alicyclic amines) is 1. The zero-order chi connectivity index (χ0) is 17.3. The number of piperidine rings is 1. The summed E-state index contributed by atoms with van der Waals surface area (Å²) in [6, 6.07) is 4.66. The molecule has 1 aliphatic carbocycles. The minimum Gasteiger partial charge on any atom is -0.481 e. The maximum atomic E-state index is 12.6. The summed E-state index contributed by atoms with van der Waals surface area (Å²) in [6.07, 6.45) is 3.14. The lowest BCUT2D eigenvalue weighted by molar-refractivity contribution is -0.384. The Morgan fingerprint density at radius 1 is 1.29 bits per heavy atom. The molecule has 3 rings (SSSR count). The summed E-state index contributed by atoms with van der Waals surface area (Å²) in [5.74, 6) is -1.85. The zero-order valence-electron chi connectivity index (χ0n) is 13.1. The quantitative estimate of drug-likeness (QED) is 0.630. The lowest BCUT2D eigenvalue weighted by Gasteiger charge is -2.30. The Hall–Kier alpha value is -2.64. The first-order valence-corrected chi connectivity index (χ1v) is 8.03. The van der Waals surface area contributed by atoms with Gasteiger partial charge in [-0.25, -0.2) is 0 Å². The van der Waals surface area contributed by atoms with E-state index in [1.165, 1.54) is 11.0 Å². The number of nitrogens with zero attached hydrogens (tertiary/aromatic N) is 2. The van der Waals surface area contributed by atoms with Crippen LogP contribution in [-0.4, -0.2) is 45.9 Å². The molecule has 0 bridgehead atoms. The van der Waals surface area contributed by atoms with Crippen LogP contribution in [0.5, 0.6) is 0 Å². The second kappa shape index (κ2) is 6.46. The molecule has 0 spiro atoms. The maximum absolute atomic E-state index is 12.6. The number of carboxylic acids is 1.